The second-order valence-corrected chi connectivity index (χ2v) is 5.90. The molecule has 0 bridgehead atoms. The third-order valence-corrected chi connectivity index (χ3v) is 4.31. The maximum atomic E-state index is 10.4. The summed E-state index contributed by atoms with van der Waals surface area (Å²) in [5.74, 6) is 0. The summed E-state index contributed by atoms with van der Waals surface area (Å²) >= 11 is 3.54. The zero-order valence-corrected chi connectivity index (χ0v) is 13.3. The van der Waals surface area contributed by atoms with Gasteiger partial charge >= 0.3 is 0 Å². The summed E-state index contributed by atoms with van der Waals surface area (Å²) < 4.78 is 2.81. The number of aliphatic hydroxyl groups is 1. The third kappa shape index (κ3) is 3.07. The molecule has 0 fully saturated rings. The van der Waals surface area contributed by atoms with Crippen LogP contribution < -0.4 is 0 Å². The summed E-state index contributed by atoms with van der Waals surface area (Å²) in [6, 6.07) is 6.18. The molecule has 1 heterocycles. The van der Waals surface area contributed by atoms with Gasteiger partial charge in [0.05, 0.1) is 22.0 Å². The average Bonchev–Trinajstić information content (AvgIpc) is 2.54. The Kier molecular flexibility index (Phi) is 4.11. The van der Waals surface area contributed by atoms with Crippen LogP contribution >= 0.6 is 15.9 Å². The van der Waals surface area contributed by atoms with Crippen molar-refractivity contribution in [3.8, 4) is 0 Å². The van der Waals surface area contributed by atoms with E-state index >= 15 is 0 Å². The number of aliphatic hydroxyl groups excluding tert-OH is 1. The van der Waals surface area contributed by atoms with Crippen LogP contribution in [0.1, 0.15) is 34.2 Å². The van der Waals surface area contributed by atoms with Crippen molar-refractivity contribution < 1.29 is 5.11 Å². The second-order valence-electron chi connectivity index (χ2n) is 5.11. The standard InChI is InChI=1S/C15H19BrN2O/c1-9-5-10(2)7-12(6-9)14(19)8-13-15(16)11(3)17-18(13)4/h5-7,14,19H,8H2,1-4H3. The van der Waals surface area contributed by atoms with Crippen molar-refractivity contribution in [3.63, 3.8) is 0 Å². The van der Waals surface area contributed by atoms with E-state index in [1.807, 2.05) is 44.6 Å². The van der Waals surface area contributed by atoms with Gasteiger partial charge in [0.2, 0.25) is 0 Å². The molecule has 1 unspecified atom stereocenters. The predicted octanol–water partition coefficient (Wildman–Crippen LogP) is 3.38. The van der Waals surface area contributed by atoms with Crippen molar-refractivity contribution in [1.82, 2.24) is 9.78 Å². The molecule has 0 saturated heterocycles. The van der Waals surface area contributed by atoms with Crippen LogP contribution in [0, 0.1) is 20.8 Å². The highest BCUT2D eigenvalue weighted by Gasteiger charge is 2.16. The molecule has 0 amide bonds. The van der Waals surface area contributed by atoms with Gasteiger partial charge in [0.15, 0.2) is 0 Å². The summed E-state index contributed by atoms with van der Waals surface area (Å²) in [7, 11) is 1.90. The molecule has 2 aromatic rings. The molecule has 1 aromatic carbocycles. The van der Waals surface area contributed by atoms with Crippen molar-refractivity contribution in [2.24, 2.45) is 7.05 Å². The van der Waals surface area contributed by atoms with E-state index in [1.54, 1.807) is 0 Å². The summed E-state index contributed by atoms with van der Waals surface area (Å²) in [4.78, 5) is 0. The van der Waals surface area contributed by atoms with Crippen LogP contribution in [0.5, 0.6) is 0 Å². The molecule has 0 saturated carbocycles. The lowest BCUT2D eigenvalue weighted by molar-refractivity contribution is 0.175. The number of aromatic nitrogens is 2. The van der Waals surface area contributed by atoms with Gasteiger partial charge in [0.1, 0.15) is 0 Å². The van der Waals surface area contributed by atoms with E-state index in [1.165, 1.54) is 11.1 Å². The molecule has 0 radical (unpaired) electrons. The summed E-state index contributed by atoms with van der Waals surface area (Å²) in [5.41, 5.74) is 5.28. The van der Waals surface area contributed by atoms with Gasteiger partial charge in [-0.25, -0.2) is 0 Å². The van der Waals surface area contributed by atoms with E-state index in [4.69, 9.17) is 0 Å². The van der Waals surface area contributed by atoms with E-state index in [0.717, 1.165) is 21.4 Å². The van der Waals surface area contributed by atoms with Gasteiger partial charge in [-0.2, -0.15) is 5.10 Å². The van der Waals surface area contributed by atoms with Gasteiger partial charge in [-0.15, -0.1) is 0 Å². The van der Waals surface area contributed by atoms with Gasteiger partial charge in [-0.3, -0.25) is 4.68 Å². The first-order valence-corrected chi connectivity index (χ1v) is 7.12. The first kappa shape index (κ1) is 14.3. The van der Waals surface area contributed by atoms with E-state index in [2.05, 4.69) is 27.1 Å². The van der Waals surface area contributed by atoms with E-state index in [0.29, 0.717) is 6.42 Å². The van der Waals surface area contributed by atoms with E-state index < -0.39 is 6.10 Å². The minimum absolute atomic E-state index is 0.510. The molecule has 0 aliphatic heterocycles. The number of nitrogens with zero attached hydrogens (tertiary/aromatic N) is 2. The fourth-order valence-electron chi connectivity index (χ4n) is 2.41. The molecule has 0 aliphatic rings. The van der Waals surface area contributed by atoms with Gasteiger partial charge in [0.25, 0.3) is 0 Å². The summed E-state index contributed by atoms with van der Waals surface area (Å²) in [6.07, 6.45) is 0.0468. The monoisotopic (exact) mass is 322 g/mol. The maximum Gasteiger partial charge on any atom is 0.0845 e. The maximum absolute atomic E-state index is 10.4. The molecule has 19 heavy (non-hydrogen) atoms. The first-order valence-electron chi connectivity index (χ1n) is 6.32. The van der Waals surface area contributed by atoms with Crippen LogP contribution in [0.4, 0.5) is 0 Å². The molecule has 102 valence electrons. The van der Waals surface area contributed by atoms with Crippen LogP contribution in [0.3, 0.4) is 0 Å². The Balaban J connectivity index is 2.27. The molecular weight excluding hydrogens is 304 g/mol. The number of benzene rings is 1. The van der Waals surface area contributed by atoms with Crippen molar-refractivity contribution >= 4 is 15.9 Å². The lowest BCUT2D eigenvalue weighted by Crippen LogP contribution is -2.07. The molecular formula is C15H19BrN2O. The fraction of sp³-hybridized carbons (Fsp3) is 0.400. The molecule has 1 aromatic heterocycles. The Morgan fingerprint density at radius 3 is 2.26 bits per heavy atom. The van der Waals surface area contributed by atoms with Crippen LogP contribution in [-0.2, 0) is 13.5 Å². The lowest BCUT2D eigenvalue weighted by Gasteiger charge is -2.13. The second kappa shape index (κ2) is 5.47. The molecule has 2 rings (SSSR count). The predicted molar refractivity (Wildman–Crippen MR) is 80.2 cm³/mol. The van der Waals surface area contributed by atoms with Crippen LogP contribution in [0.2, 0.25) is 0 Å². The number of hydrogen-bond donors (Lipinski definition) is 1. The van der Waals surface area contributed by atoms with Crippen LogP contribution in [0.15, 0.2) is 22.7 Å². The Labute approximate surface area is 122 Å². The van der Waals surface area contributed by atoms with Gasteiger partial charge in [-0.1, -0.05) is 29.3 Å². The normalized spacial score (nSPS) is 12.7. The van der Waals surface area contributed by atoms with Gasteiger partial charge in [-0.05, 0) is 42.3 Å². The Bertz CT molecular complexity index is 584. The van der Waals surface area contributed by atoms with Crippen molar-refractivity contribution in [1.29, 1.82) is 0 Å². The highest BCUT2D eigenvalue weighted by molar-refractivity contribution is 9.10. The topological polar surface area (TPSA) is 38.1 Å². The van der Waals surface area contributed by atoms with Crippen molar-refractivity contribution in [2.45, 2.75) is 33.3 Å². The largest absolute Gasteiger partial charge is 0.388 e. The Morgan fingerprint density at radius 1 is 1.21 bits per heavy atom. The van der Waals surface area contributed by atoms with Crippen molar-refractivity contribution in [3.05, 3.63) is 50.8 Å². The number of halogens is 1. The molecule has 1 N–H and O–H groups in total. The molecule has 4 heteroatoms. The van der Waals surface area contributed by atoms with Crippen LogP contribution in [0.25, 0.3) is 0 Å². The third-order valence-electron chi connectivity index (χ3n) is 3.28. The Hall–Kier alpha value is -1.13. The molecule has 1 atom stereocenters. The molecule has 3 nitrogen and oxygen atoms in total. The molecule has 0 spiro atoms. The van der Waals surface area contributed by atoms with E-state index in [-0.39, 0.29) is 0 Å². The Morgan fingerprint density at radius 2 is 1.79 bits per heavy atom. The zero-order chi connectivity index (χ0) is 14.2. The number of aryl methyl sites for hydroxylation is 4. The molecule has 0 aliphatic carbocycles. The summed E-state index contributed by atoms with van der Waals surface area (Å²) in [5, 5.41) is 14.8. The number of rotatable bonds is 3. The minimum Gasteiger partial charge on any atom is -0.388 e. The van der Waals surface area contributed by atoms with Gasteiger partial charge in [0, 0.05) is 13.5 Å². The highest BCUT2D eigenvalue weighted by atomic mass is 79.9. The smallest absolute Gasteiger partial charge is 0.0845 e. The van der Waals surface area contributed by atoms with Gasteiger partial charge < -0.3 is 5.11 Å². The van der Waals surface area contributed by atoms with Crippen molar-refractivity contribution in [2.75, 3.05) is 0 Å². The van der Waals surface area contributed by atoms with E-state index in [9.17, 15) is 5.11 Å². The zero-order valence-electron chi connectivity index (χ0n) is 11.7. The SMILES string of the molecule is Cc1cc(C)cc(C(O)Cc2c(Br)c(C)nn2C)c1. The summed E-state index contributed by atoms with van der Waals surface area (Å²) in [6.45, 7) is 6.05. The van der Waals surface area contributed by atoms with Crippen LogP contribution in [-0.4, -0.2) is 14.9 Å². The first-order chi connectivity index (χ1) is 8.88. The average molecular weight is 323 g/mol. The quantitative estimate of drug-likeness (QED) is 0.940. The number of hydrogen-bond acceptors (Lipinski definition) is 2. The minimum atomic E-state index is -0.510. The fourth-order valence-corrected chi connectivity index (χ4v) is 2.90. The lowest BCUT2D eigenvalue weighted by atomic mass is 10.00. The highest BCUT2D eigenvalue weighted by Crippen LogP contribution is 2.26.